The Bertz CT molecular complexity index is 674. The van der Waals surface area contributed by atoms with E-state index in [1.54, 1.807) is 12.1 Å². The van der Waals surface area contributed by atoms with Crippen molar-refractivity contribution in [3.8, 4) is 5.69 Å². The summed E-state index contributed by atoms with van der Waals surface area (Å²) >= 11 is 0. The fourth-order valence-electron chi connectivity index (χ4n) is 3.07. The summed E-state index contributed by atoms with van der Waals surface area (Å²) in [5.74, 6) is 0.00339. The van der Waals surface area contributed by atoms with Crippen LogP contribution in [0.2, 0.25) is 0 Å². The summed E-state index contributed by atoms with van der Waals surface area (Å²) in [5, 5.41) is 21.0. The van der Waals surface area contributed by atoms with E-state index in [-0.39, 0.29) is 30.2 Å². The first kappa shape index (κ1) is 18.9. The Balaban J connectivity index is 0.00000208. The number of β-amino-alcohol motifs (C(OH)–C–C–N with tert-alkyl or cyclic N) is 1. The normalized spacial score (nSPS) is 20.2. The summed E-state index contributed by atoms with van der Waals surface area (Å²) in [6, 6.07) is 6.34. The van der Waals surface area contributed by atoms with Gasteiger partial charge in [-0.25, -0.2) is 9.07 Å². The van der Waals surface area contributed by atoms with E-state index in [1.807, 2.05) is 18.5 Å². The van der Waals surface area contributed by atoms with Crippen LogP contribution >= 0.6 is 12.4 Å². The van der Waals surface area contributed by atoms with Crippen molar-refractivity contribution in [1.82, 2.24) is 20.4 Å². The van der Waals surface area contributed by atoms with Gasteiger partial charge in [0.2, 0.25) is 0 Å². The molecule has 1 saturated heterocycles. The van der Waals surface area contributed by atoms with E-state index in [0.717, 1.165) is 35.7 Å². The molecule has 2 atom stereocenters. The highest BCUT2D eigenvalue weighted by atomic mass is 35.5. The van der Waals surface area contributed by atoms with Gasteiger partial charge in [-0.1, -0.05) is 0 Å². The van der Waals surface area contributed by atoms with E-state index in [4.69, 9.17) is 0 Å². The highest BCUT2D eigenvalue weighted by Gasteiger charge is 2.24. The first-order chi connectivity index (χ1) is 11.1. The minimum Gasteiger partial charge on any atom is -0.391 e. The Kier molecular flexibility index (Phi) is 6.34. The number of benzene rings is 1. The Morgan fingerprint density at radius 3 is 2.62 bits per heavy atom. The van der Waals surface area contributed by atoms with Crippen molar-refractivity contribution < 1.29 is 9.50 Å². The van der Waals surface area contributed by atoms with Crippen LogP contribution in [0.1, 0.15) is 17.0 Å². The second kappa shape index (κ2) is 8.07. The lowest BCUT2D eigenvalue weighted by Crippen LogP contribution is -2.30. The van der Waals surface area contributed by atoms with Gasteiger partial charge in [-0.3, -0.25) is 0 Å². The van der Waals surface area contributed by atoms with E-state index < -0.39 is 0 Å². The molecule has 5 nitrogen and oxygen atoms in total. The first-order valence-electron chi connectivity index (χ1n) is 7.97. The summed E-state index contributed by atoms with van der Waals surface area (Å²) in [7, 11) is 0. The molecule has 3 rings (SSSR count). The van der Waals surface area contributed by atoms with Crippen molar-refractivity contribution in [3.05, 3.63) is 47.0 Å². The molecule has 1 aliphatic heterocycles. The van der Waals surface area contributed by atoms with Crippen LogP contribution in [-0.2, 0) is 6.54 Å². The van der Waals surface area contributed by atoms with E-state index in [2.05, 4.69) is 15.7 Å². The zero-order valence-electron chi connectivity index (χ0n) is 13.9. The molecule has 132 valence electrons. The van der Waals surface area contributed by atoms with Gasteiger partial charge < -0.3 is 15.7 Å². The fourth-order valence-corrected chi connectivity index (χ4v) is 3.07. The van der Waals surface area contributed by atoms with Crippen molar-refractivity contribution in [2.24, 2.45) is 5.92 Å². The van der Waals surface area contributed by atoms with Crippen LogP contribution in [0.3, 0.4) is 0 Å². The summed E-state index contributed by atoms with van der Waals surface area (Å²) in [5.41, 5.74) is 4.01. The number of nitrogens with zero attached hydrogens (tertiary/aromatic N) is 2. The van der Waals surface area contributed by atoms with Crippen LogP contribution in [-0.4, -0.2) is 40.6 Å². The van der Waals surface area contributed by atoms with Gasteiger partial charge in [-0.15, -0.1) is 12.4 Å². The van der Waals surface area contributed by atoms with Gasteiger partial charge in [-0.2, -0.15) is 5.10 Å². The molecular weight excluding hydrogens is 331 g/mol. The molecule has 2 heterocycles. The molecule has 0 radical (unpaired) electrons. The number of hydrogen-bond donors (Lipinski definition) is 3. The third-order valence-electron chi connectivity index (χ3n) is 4.52. The smallest absolute Gasteiger partial charge is 0.123 e. The van der Waals surface area contributed by atoms with E-state index >= 15 is 0 Å². The minimum absolute atomic E-state index is 0. The van der Waals surface area contributed by atoms with E-state index in [0.29, 0.717) is 13.1 Å². The number of hydrogen-bond acceptors (Lipinski definition) is 4. The Morgan fingerprint density at radius 2 is 2.00 bits per heavy atom. The topological polar surface area (TPSA) is 62.1 Å². The summed E-state index contributed by atoms with van der Waals surface area (Å²) in [6.07, 6.45) is -0.272. The van der Waals surface area contributed by atoms with Gasteiger partial charge in [0.25, 0.3) is 0 Å². The molecule has 3 N–H and O–H groups in total. The van der Waals surface area contributed by atoms with Crippen LogP contribution in [0, 0.1) is 25.6 Å². The monoisotopic (exact) mass is 354 g/mol. The molecule has 1 aliphatic rings. The van der Waals surface area contributed by atoms with Crippen molar-refractivity contribution >= 4 is 12.4 Å². The Hall–Kier alpha value is -1.47. The minimum atomic E-state index is -0.272. The largest absolute Gasteiger partial charge is 0.391 e. The van der Waals surface area contributed by atoms with Crippen LogP contribution in [0.5, 0.6) is 0 Å². The van der Waals surface area contributed by atoms with E-state index in [1.165, 1.54) is 12.1 Å². The molecule has 0 saturated carbocycles. The zero-order chi connectivity index (χ0) is 16.4. The maximum atomic E-state index is 13.1. The molecule has 0 amide bonds. The molecule has 0 spiro atoms. The highest BCUT2D eigenvalue weighted by molar-refractivity contribution is 5.85. The summed E-state index contributed by atoms with van der Waals surface area (Å²) < 4.78 is 14.9. The first-order valence-corrected chi connectivity index (χ1v) is 7.97. The third-order valence-corrected chi connectivity index (χ3v) is 4.52. The highest BCUT2D eigenvalue weighted by Crippen LogP contribution is 2.18. The molecule has 1 aromatic carbocycles. The average molecular weight is 355 g/mol. The zero-order valence-corrected chi connectivity index (χ0v) is 14.7. The maximum Gasteiger partial charge on any atom is 0.123 e. The SMILES string of the molecule is Cc1nn(-c2ccc(F)cc2)c(C)c1CNCC1CNCC1O.Cl. The van der Waals surface area contributed by atoms with Gasteiger partial charge in [0.05, 0.1) is 17.5 Å². The number of aryl methyl sites for hydroxylation is 1. The predicted molar refractivity (Wildman–Crippen MR) is 94.3 cm³/mol. The standard InChI is InChI=1S/C17H23FN4O.ClH/c1-11-16(9-19-7-13-8-20-10-17(13)23)12(2)22(21-11)15-5-3-14(18)4-6-15;/h3-6,13,17,19-20,23H,7-10H2,1-2H3;1H. The molecule has 24 heavy (non-hydrogen) atoms. The lowest BCUT2D eigenvalue weighted by molar-refractivity contribution is 0.146. The number of rotatable bonds is 5. The van der Waals surface area contributed by atoms with Crippen LogP contribution < -0.4 is 10.6 Å². The Morgan fingerprint density at radius 1 is 1.29 bits per heavy atom. The third kappa shape index (κ3) is 3.95. The van der Waals surface area contributed by atoms with Crippen LogP contribution in [0.25, 0.3) is 5.69 Å². The molecule has 2 aromatic rings. The van der Waals surface area contributed by atoms with Crippen molar-refractivity contribution in [2.45, 2.75) is 26.5 Å². The van der Waals surface area contributed by atoms with Gasteiger partial charge in [-0.05, 0) is 38.1 Å². The lowest BCUT2D eigenvalue weighted by atomic mass is 10.1. The molecular formula is C17H24ClFN4O. The Labute approximate surface area is 147 Å². The van der Waals surface area contributed by atoms with Crippen molar-refractivity contribution in [3.63, 3.8) is 0 Å². The van der Waals surface area contributed by atoms with E-state index in [9.17, 15) is 9.50 Å². The second-order valence-electron chi connectivity index (χ2n) is 6.15. The van der Waals surface area contributed by atoms with Crippen LogP contribution in [0.15, 0.2) is 24.3 Å². The number of aliphatic hydroxyl groups excluding tert-OH is 1. The van der Waals surface area contributed by atoms with Crippen molar-refractivity contribution in [2.75, 3.05) is 19.6 Å². The van der Waals surface area contributed by atoms with Gasteiger partial charge in [0.15, 0.2) is 0 Å². The molecule has 1 fully saturated rings. The fraction of sp³-hybridized carbons (Fsp3) is 0.471. The quantitative estimate of drug-likeness (QED) is 0.765. The number of aromatic nitrogens is 2. The van der Waals surface area contributed by atoms with Crippen LogP contribution in [0.4, 0.5) is 4.39 Å². The number of aliphatic hydroxyl groups is 1. The van der Waals surface area contributed by atoms with Gasteiger partial charge in [0, 0.05) is 43.4 Å². The number of nitrogens with one attached hydrogen (secondary N) is 2. The summed E-state index contributed by atoms with van der Waals surface area (Å²) in [4.78, 5) is 0. The molecule has 0 bridgehead atoms. The predicted octanol–water partition coefficient (Wildman–Crippen LogP) is 1.72. The summed E-state index contributed by atoms with van der Waals surface area (Å²) in [6.45, 7) is 7.01. The van der Waals surface area contributed by atoms with Crippen molar-refractivity contribution in [1.29, 1.82) is 0 Å². The number of halogens is 2. The maximum absolute atomic E-state index is 13.1. The molecule has 2 unspecified atom stereocenters. The molecule has 0 aliphatic carbocycles. The second-order valence-corrected chi connectivity index (χ2v) is 6.15. The average Bonchev–Trinajstić information content (AvgIpc) is 3.06. The molecule has 1 aromatic heterocycles. The van der Waals surface area contributed by atoms with Gasteiger partial charge in [0.1, 0.15) is 5.82 Å². The lowest BCUT2D eigenvalue weighted by Gasteiger charge is -2.14. The van der Waals surface area contributed by atoms with Gasteiger partial charge >= 0.3 is 0 Å². The molecule has 7 heteroatoms.